The molecule has 96 valence electrons. The van der Waals surface area contributed by atoms with Crippen LogP contribution in [0.15, 0.2) is 28.7 Å². The number of rotatable bonds is 7. The van der Waals surface area contributed by atoms with Crippen molar-refractivity contribution in [1.82, 2.24) is 5.32 Å². The lowest BCUT2D eigenvalue weighted by molar-refractivity contribution is -0.0277. The predicted molar refractivity (Wildman–Crippen MR) is 76.2 cm³/mol. The van der Waals surface area contributed by atoms with Gasteiger partial charge in [-0.3, -0.25) is 0 Å². The second kappa shape index (κ2) is 7.14. The highest BCUT2D eigenvalue weighted by atomic mass is 79.9. The molecule has 1 rings (SSSR count). The van der Waals surface area contributed by atoms with Gasteiger partial charge in [0.2, 0.25) is 0 Å². The van der Waals surface area contributed by atoms with Gasteiger partial charge in [-0.25, -0.2) is 0 Å². The topological polar surface area (TPSA) is 21.3 Å². The molecule has 0 amide bonds. The van der Waals surface area contributed by atoms with Crippen molar-refractivity contribution in [3.05, 3.63) is 34.3 Å². The number of benzene rings is 1. The van der Waals surface area contributed by atoms with Crippen molar-refractivity contribution in [3.63, 3.8) is 0 Å². The van der Waals surface area contributed by atoms with Crippen LogP contribution < -0.4 is 5.32 Å². The first-order chi connectivity index (χ1) is 8.03. The van der Waals surface area contributed by atoms with Crippen LogP contribution in [0.25, 0.3) is 0 Å². The molecule has 17 heavy (non-hydrogen) atoms. The summed E-state index contributed by atoms with van der Waals surface area (Å²) >= 11 is 3.43. The highest BCUT2D eigenvalue weighted by Crippen LogP contribution is 2.15. The molecule has 0 aliphatic carbocycles. The lowest BCUT2D eigenvalue weighted by Gasteiger charge is -2.25. The second-order valence-electron chi connectivity index (χ2n) is 4.85. The molecule has 0 bridgehead atoms. The first kappa shape index (κ1) is 14.7. The Hall–Kier alpha value is -0.380. The molecular weight excluding hydrogens is 278 g/mol. The number of ether oxygens (including phenoxy) is 1. The van der Waals surface area contributed by atoms with Gasteiger partial charge in [0, 0.05) is 11.0 Å². The van der Waals surface area contributed by atoms with Crippen molar-refractivity contribution in [2.24, 2.45) is 0 Å². The minimum atomic E-state index is -0.123. The number of halogens is 1. The molecule has 0 saturated carbocycles. The van der Waals surface area contributed by atoms with Crippen LogP contribution in [-0.4, -0.2) is 18.7 Å². The van der Waals surface area contributed by atoms with Gasteiger partial charge in [-0.05, 0) is 44.5 Å². The molecule has 0 radical (unpaired) electrons. The van der Waals surface area contributed by atoms with Gasteiger partial charge in [0.05, 0.1) is 12.2 Å². The number of hydrogen-bond donors (Lipinski definition) is 1. The minimum absolute atomic E-state index is 0.123. The molecule has 0 aliphatic heterocycles. The van der Waals surface area contributed by atoms with Gasteiger partial charge in [0.15, 0.2) is 0 Å². The summed E-state index contributed by atoms with van der Waals surface area (Å²) in [6.07, 6.45) is 1.16. The standard InChI is InChI=1S/C14H22BrNO/c1-4-9-16-11-14(2,3)17-10-12-5-7-13(15)8-6-12/h5-8,16H,4,9-11H2,1-3H3. The minimum Gasteiger partial charge on any atom is -0.370 e. The first-order valence-electron chi connectivity index (χ1n) is 6.12. The van der Waals surface area contributed by atoms with E-state index in [0.717, 1.165) is 24.0 Å². The summed E-state index contributed by atoms with van der Waals surface area (Å²) in [6.45, 7) is 9.00. The smallest absolute Gasteiger partial charge is 0.0754 e. The van der Waals surface area contributed by atoms with E-state index in [-0.39, 0.29) is 5.60 Å². The van der Waals surface area contributed by atoms with E-state index in [1.54, 1.807) is 0 Å². The fourth-order valence-corrected chi connectivity index (χ4v) is 1.74. The molecule has 0 unspecified atom stereocenters. The molecule has 0 heterocycles. The Morgan fingerprint density at radius 3 is 2.47 bits per heavy atom. The van der Waals surface area contributed by atoms with Crippen molar-refractivity contribution in [2.75, 3.05) is 13.1 Å². The molecule has 1 N–H and O–H groups in total. The molecule has 0 aliphatic rings. The third-order valence-electron chi connectivity index (χ3n) is 2.52. The van der Waals surface area contributed by atoms with Gasteiger partial charge in [-0.15, -0.1) is 0 Å². The maximum absolute atomic E-state index is 5.92. The van der Waals surface area contributed by atoms with Crippen molar-refractivity contribution >= 4 is 15.9 Å². The Morgan fingerprint density at radius 2 is 1.88 bits per heavy atom. The van der Waals surface area contributed by atoms with Crippen LogP contribution in [0.3, 0.4) is 0 Å². The number of hydrogen-bond acceptors (Lipinski definition) is 2. The summed E-state index contributed by atoms with van der Waals surface area (Å²) in [6, 6.07) is 8.25. The van der Waals surface area contributed by atoms with E-state index in [9.17, 15) is 0 Å². The van der Waals surface area contributed by atoms with Gasteiger partial charge in [-0.1, -0.05) is 35.0 Å². The van der Waals surface area contributed by atoms with E-state index in [1.807, 2.05) is 12.1 Å². The molecule has 1 aromatic carbocycles. The molecule has 3 heteroatoms. The Labute approximate surface area is 113 Å². The highest BCUT2D eigenvalue weighted by Gasteiger charge is 2.17. The normalized spacial score (nSPS) is 11.8. The zero-order chi connectivity index (χ0) is 12.7. The molecular formula is C14H22BrNO. The second-order valence-corrected chi connectivity index (χ2v) is 5.77. The van der Waals surface area contributed by atoms with Crippen molar-refractivity contribution in [1.29, 1.82) is 0 Å². The average molecular weight is 300 g/mol. The molecule has 0 spiro atoms. The Morgan fingerprint density at radius 1 is 1.24 bits per heavy atom. The molecule has 0 fully saturated rings. The van der Waals surface area contributed by atoms with Crippen molar-refractivity contribution < 1.29 is 4.74 Å². The third-order valence-corrected chi connectivity index (χ3v) is 3.05. The maximum Gasteiger partial charge on any atom is 0.0754 e. The molecule has 2 nitrogen and oxygen atoms in total. The summed E-state index contributed by atoms with van der Waals surface area (Å²) in [4.78, 5) is 0. The summed E-state index contributed by atoms with van der Waals surface area (Å²) < 4.78 is 7.03. The summed E-state index contributed by atoms with van der Waals surface area (Å²) in [5.74, 6) is 0. The fraction of sp³-hybridized carbons (Fsp3) is 0.571. The number of nitrogens with one attached hydrogen (secondary N) is 1. The van der Waals surface area contributed by atoms with Crippen LogP contribution in [0, 0.1) is 0 Å². The molecule has 0 atom stereocenters. The average Bonchev–Trinajstić information content (AvgIpc) is 2.29. The van der Waals surface area contributed by atoms with Crippen LogP contribution in [0.5, 0.6) is 0 Å². The van der Waals surface area contributed by atoms with Crippen LogP contribution in [0.1, 0.15) is 32.8 Å². The summed E-state index contributed by atoms with van der Waals surface area (Å²) in [7, 11) is 0. The van der Waals surface area contributed by atoms with Gasteiger partial charge in [-0.2, -0.15) is 0 Å². The Balaban J connectivity index is 2.35. The third kappa shape index (κ3) is 6.20. The first-order valence-corrected chi connectivity index (χ1v) is 6.92. The Kier molecular flexibility index (Phi) is 6.17. The lowest BCUT2D eigenvalue weighted by atomic mass is 10.1. The van der Waals surface area contributed by atoms with Gasteiger partial charge in [0.1, 0.15) is 0 Å². The zero-order valence-electron chi connectivity index (χ0n) is 10.9. The quantitative estimate of drug-likeness (QED) is 0.774. The molecule has 0 aromatic heterocycles. The monoisotopic (exact) mass is 299 g/mol. The molecule has 1 aromatic rings. The van der Waals surface area contributed by atoms with Gasteiger partial charge >= 0.3 is 0 Å². The molecule has 0 saturated heterocycles. The summed E-state index contributed by atoms with van der Waals surface area (Å²) in [5.41, 5.74) is 1.08. The van der Waals surface area contributed by atoms with E-state index >= 15 is 0 Å². The van der Waals surface area contributed by atoms with Crippen LogP contribution >= 0.6 is 15.9 Å². The van der Waals surface area contributed by atoms with E-state index in [4.69, 9.17) is 4.74 Å². The summed E-state index contributed by atoms with van der Waals surface area (Å²) in [5, 5.41) is 3.39. The predicted octanol–water partition coefficient (Wildman–Crippen LogP) is 3.74. The van der Waals surface area contributed by atoms with Gasteiger partial charge in [0.25, 0.3) is 0 Å². The van der Waals surface area contributed by atoms with E-state index in [1.165, 1.54) is 5.56 Å². The largest absolute Gasteiger partial charge is 0.370 e. The van der Waals surface area contributed by atoms with Crippen LogP contribution in [0.2, 0.25) is 0 Å². The van der Waals surface area contributed by atoms with E-state index < -0.39 is 0 Å². The maximum atomic E-state index is 5.92. The highest BCUT2D eigenvalue weighted by molar-refractivity contribution is 9.10. The Bertz CT molecular complexity index is 321. The SMILES string of the molecule is CCCNCC(C)(C)OCc1ccc(Br)cc1. The van der Waals surface area contributed by atoms with Crippen molar-refractivity contribution in [2.45, 2.75) is 39.4 Å². The van der Waals surface area contributed by atoms with Crippen LogP contribution in [-0.2, 0) is 11.3 Å². The van der Waals surface area contributed by atoms with E-state index in [2.05, 4.69) is 54.2 Å². The lowest BCUT2D eigenvalue weighted by Crippen LogP contribution is -2.37. The van der Waals surface area contributed by atoms with Crippen LogP contribution in [0.4, 0.5) is 0 Å². The zero-order valence-corrected chi connectivity index (χ0v) is 12.5. The van der Waals surface area contributed by atoms with E-state index in [0.29, 0.717) is 6.61 Å². The van der Waals surface area contributed by atoms with Gasteiger partial charge < -0.3 is 10.1 Å². The van der Waals surface area contributed by atoms with Crippen molar-refractivity contribution in [3.8, 4) is 0 Å². The fourth-order valence-electron chi connectivity index (χ4n) is 1.48.